The molecule has 0 fully saturated rings. The zero-order valence-electron chi connectivity index (χ0n) is 21.4. The van der Waals surface area contributed by atoms with Crippen molar-refractivity contribution in [1.82, 2.24) is 39.9 Å². The number of benzene rings is 3. The normalized spacial score (nSPS) is 12.1. The Bertz CT molecular complexity index is 2270. The molecular weight excluding hydrogens is 677 g/mol. The van der Waals surface area contributed by atoms with Gasteiger partial charge in [-0.2, -0.15) is 0 Å². The first-order chi connectivity index (χ1) is 20.1. The molecule has 8 rings (SSSR count). The van der Waals surface area contributed by atoms with Crippen LogP contribution in [-0.4, -0.2) is 42.0 Å². The summed E-state index contributed by atoms with van der Waals surface area (Å²) in [4.78, 5) is 36.4. The number of halogens is 1. The van der Waals surface area contributed by atoms with Crippen molar-refractivity contribution in [3.8, 4) is 45.6 Å². The predicted molar refractivity (Wildman–Crippen MR) is 165 cm³/mol. The van der Waals surface area contributed by atoms with E-state index in [1.54, 1.807) is 0 Å². The van der Waals surface area contributed by atoms with Crippen molar-refractivity contribution >= 4 is 64.1 Å². The number of nitrogens with zero attached hydrogens (tertiary/aromatic N) is 6. The van der Waals surface area contributed by atoms with E-state index in [0.29, 0.717) is 45.9 Å². The SMILES string of the molecule is [Zn]=[C](I)/C=C\c1[c-]c2nc3nc(nc4[nH]c(nc5nc(nc1[nH]2)-c1ccccc1-5)c1ccccc41)-c1ccccc1-3. The minimum absolute atomic E-state index is 0.529. The van der Waals surface area contributed by atoms with Crippen LogP contribution in [0.2, 0.25) is 0 Å². The summed E-state index contributed by atoms with van der Waals surface area (Å²) in [7, 11) is 0. The van der Waals surface area contributed by atoms with E-state index in [1.807, 2.05) is 78.9 Å². The number of fused-ring (bicyclic) bond motifs is 17. The third-order valence-electron chi connectivity index (χ3n) is 6.96. The molecule has 0 spiro atoms. The molecule has 3 aromatic heterocycles. The number of rotatable bonds is 2. The van der Waals surface area contributed by atoms with Crippen LogP contribution in [0.4, 0.5) is 0 Å². The van der Waals surface area contributed by atoms with Crippen molar-refractivity contribution in [1.29, 1.82) is 0 Å². The Morgan fingerprint density at radius 1 is 0.610 bits per heavy atom. The minimum atomic E-state index is 0.529. The quantitative estimate of drug-likeness (QED) is 0.120. The van der Waals surface area contributed by atoms with Crippen LogP contribution < -0.4 is 0 Å². The van der Waals surface area contributed by atoms with Gasteiger partial charge in [-0.3, -0.25) is 0 Å². The molecule has 10 heteroatoms. The summed E-state index contributed by atoms with van der Waals surface area (Å²) in [5.41, 5.74) is 6.95. The van der Waals surface area contributed by atoms with Gasteiger partial charge in [0.1, 0.15) is 0 Å². The number of H-pyrrole nitrogens is 2. The Morgan fingerprint density at radius 3 is 1.59 bits per heavy atom. The van der Waals surface area contributed by atoms with E-state index in [1.165, 1.54) is 2.11 Å². The van der Waals surface area contributed by atoms with Gasteiger partial charge in [-0.25, -0.2) is 0 Å². The topological polar surface area (TPSA) is 109 Å². The Labute approximate surface area is 256 Å². The van der Waals surface area contributed by atoms with Gasteiger partial charge in [0.15, 0.2) is 0 Å². The van der Waals surface area contributed by atoms with Gasteiger partial charge >= 0.3 is 228 Å². The fraction of sp³-hybridized carbons (Fsp3) is 0. The molecule has 0 saturated heterocycles. The van der Waals surface area contributed by atoms with E-state index < -0.39 is 0 Å². The summed E-state index contributed by atoms with van der Waals surface area (Å²) in [5.74, 6) is 2.31. The van der Waals surface area contributed by atoms with Gasteiger partial charge in [0.05, 0.1) is 0 Å². The Morgan fingerprint density at radius 2 is 1.07 bits per heavy atom. The molecule has 8 bridgehead atoms. The van der Waals surface area contributed by atoms with E-state index in [2.05, 4.69) is 44.7 Å². The summed E-state index contributed by atoms with van der Waals surface area (Å²) in [5, 5.41) is 1.90. The van der Waals surface area contributed by atoms with Crippen LogP contribution in [-0.2, 0) is 17.9 Å². The maximum absolute atomic E-state index is 5.01. The molecule has 2 aliphatic rings. The van der Waals surface area contributed by atoms with Gasteiger partial charge in [0.25, 0.3) is 0 Å². The van der Waals surface area contributed by atoms with Crippen molar-refractivity contribution in [2.24, 2.45) is 0 Å². The first-order valence-corrected chi connectivity index (χ1v) is 15.4. The molecule has 41 heavy (non-hydrogen) atoms. The first-order valence-electron chi connectivity index (χ1n) is 12.9. The van der Waals surface area contributed by atoms with Gasteiger partial charge < -0.3 is 0 Å². The van der Waals surface area contributed by atoms with Crippen molar-refractivity contribution in [2.45, 2.75) is 0 Å². The average molecular weight is 693 g/mol. The zero-order valence-corrected chi connectivity index (χ0v) is 26.5. The summed E-state index contributed by atoms with van der Waals surface area (Å²) in [6.07, 6.45) is 4.08. The molecule has 190 valence electrons. The molecule has 0 aliphatic carbocycles. The first kappa shape index (κ1) is 24.5. The molecule has 3 aromatic carbocycles. The van der Waals surface area contributed by atoms with Crippen molar-refractivity contribution in [3.05, 3.63) is 90.5 Å². The second kappa shape index (κ2) is 9.67. The van der Waals surface area contributed by atoms with Crippen LogP contribution in [0.5, 0.6) is 0 Å². The number of hydrogen-bond acceptors (Lipinski definition) is 6. The number of aromatic nitrogens is 8. The fourth-order valence-corrected chi connectivity index (χ4v) is 5.53. The van der Waals surface area contributed by atoms with Gasteiger partial charge in [-0.1, -0.05) is 24.3 Å². The molecule has 0 saturated carbocycles. The van der Waals surface area contributed by atoms with Crippen molar-refractivity contribution in [3.63, 3.8) is 0 Å². The molecule has 6 aromatic rings. The molecule has 0 unspecified atom stereocenters. The van der Waals surface area contributed by atoms with E-state index >= 15 is 0 Å². The summed E-state index contributed by atoms with van der Waals surface area (Å²) < 4.78 is 1.25. The number of aromatic amines is 2. The van der Waals surface area contributed by atoms with Crippen LogP contribution in [0.25, 0.3) is 85.0 Å². The molecule has 2 aliphatic heterocycles. The predicted octanol–water partition coefficient (Wildman–Crippen LogP) is 6.64. The number of nitrogens with one attached hydrogen (secondary N) is 2. The molecule has 5 heterocycles. The Kier molecular flexibility index (Phi) is 5.78. The van der Waals surface area contributed by atoms with Crippen LogP contribution in [0.1, 0.15) is 5.56 Å². The maximum atomic E-state index is 5.01. The standard InChI is InChI=1S/C31H16IN8.Zn/c32-15-7-8-17-16-24-33-25(17)35-27-20-11-3-4-12-21(20)29(37-27)39-31-23-14-6-5-13-22(23)30(40-31)38-28-19-10-2-1-9-18(19)26(34-24)36-28;/h1-14H,(H2,33,34,35,36,37,38,39,40);/q-1;/b8-7-;. The average Bonchev–Trinajstić information content (AvgIpc) is 3.72. The summed E-state index contributed by atoms with van der Waals surface area (Å²) in [6.45, 7) is 0. The monoisotopic (exact) mass is 691 g/mol. The van der Waals surface area contributed by atoms with E-state index in [-0.39, 0.29) is 0 Å². The molecular formula is C31H16IN8Zn-. The van der Waals surface area contributed by atoms with Gasteiger partial charge in [-0.05, 0) is 0 Å². The van der Waals surface area contributed by atoms with Gasteiger partial charge in [0, 0.05) is 5.39 Å². The zero-order chi connectivity index (χ0) is 27.5. The van der Waals surface area contributed by atoms with Gasteiger partial charge in [-0.15, -0.1) is 0 Å². The van der Waals surface area contributed by atoms with Crippen LogP contribution in [0.15, 0.2) is 78.9 Å². The van der Waals surface area contributed by atoms with Crippen molar-refractivity contribution in [2.75, 3.05) is 0 Å². The third-order valence-corrected chi connectivity index (χ3v) is 7.82. The Balaban J connectivity index is 1.55. The molecule has 8 nitrogen and oxygen atoms in total. The second-order valence-electron chi connectivity index (χ2n) is 9.57. The summed E-state index contributed by atoms with van der Waals surface area (Å²) in [6, 6.07) is 27.5. The summed E-state index contributed by atoms with van der Waals surface area (Å²) >= 11 is 3.40. The molecule has 0 atom stereocenters. The Hall–Kier alpha value is -4.28. The molecule has 2 N–H and O–H groups in total. The second-order valence-corrected chi connectivity index (χ2v) is 15.6. The van der Waals surface area contributed by atoms with E-state index in [0.717, 1.165) is 56.4 Å². The van der Waals surface area contributed by atoms with E-state index in [4.69, 9.17) is 29.9 Å². The van der Waals surface area contributed by atoms with Gasteiger partial charge in [0.2, 0.25) is 0 Å². The van der Waals surface area contributed by atoms with Crippen LogP contribution in [0.3, 0.4) is 0 Å². The fourth-order valence-electron chi connectivity index (χ4n) is 5.11. The molecule has 0 amide bonds. The van der Waals surface area contributed by atoms with E-state index in [9.17, 15) is 0 Å². The van der Waals surface area contributed by atoms with Crippen LogP contribution >= 0.6 is 22.6 Å². The third kappa shape index (κ3) is 4.25. The number of hydrogen-bond donors (Lipinski definition) is 2. The van der Waals surface area contributed by atoms with Crippen molar-refractivity contribution < 1.29 is 17.9 Å². The van der Waals surface area contributed by atoms with Crippen LogP contribution in [0, 0.1) is 6.07 Å². The molecule has 0 radical (unpaired) electrons. The number of allylic oxidation sites excluding steroid dienone is 1.